The molecule has 1 aromatic heterocycles. The molecule has 0 bridgehead atoms. The Morgan fingerprint density at radius 2 is 1.93 bits per heavy atom. The highest BCUT2D eigenvalue weighted by Gasteiger charge is 2.06. The van der Waals surface area contributed by atoms with Crippen molar-refractivity contribution in [1.29, 1.82) is 0 Å². The molecular weight excluding hydrogens is 491 g/mol. The standard InChI is InChI=1S/C22H32N6O.HI/c1-4-24-22(26-13-12-25-21(29)19-9-7-11-23-17-19)27-14-15-28(5-2)20-10-6-8-18(3)16-20;/h6-11,16-17H,4-5,12-15H2,1-3H3,(H,25,29)(H2,24,26,27);1H. The van der Waals surface area contributed by atoms with Gasteiger partial charge >= 0.3 is 0 Å². The van der Waals surface area contributed by atoms with Crippen LogP contribution in [0.5, 0.6) is 0 Å². The Labute approximate surface area is 196 Å². The monoisotopic (exact) mass is 524 g/mol. The number of aliphatic imine (C=N–C) groups is 1. The third kappa shape index (κ3) is 8.98. The Bertz CT molecular complexity index is 784. The van der Waals surface area contributed by atoms with Gasteiger partial charge in [-0.15, -0.1) is 24.0 Å². The van der Waals surface area contributed by atoms with Crippen LogP contribution in [-0.4, -0.2) is 56.1 Å². The normalized spacial score (nSPS) is 10.7. The molecule has 2 rings (SSSR count). The minimum Gasteiger partial charge on any atom is -0.370 e. The summed E-state index contributed by atoms with van der Waals surface area (Å²) >= 11 is 0. The maximum Gasteiger partial charge on any atom is 0.252 e. The SMILES string of the molecule is CCNC(=NCCNC(=O)c1cccnc1)NCCN(CC)c1cccc(C)c1.I. The molecule has 0 spiro atoms. The fourth-order valence-corrected chi connectivity index (χ4v) is 2.88. The highest BCUT2D eigenvalue weighted by molar-refractivity contribution is 14.0. The van der Waals surface area contributed by atoms with E-state index in [2.05, 4.69) is 68.9 Å². The molecule has 8 heteroatoms. The van der Waals surface area contributed by atoms with Gasteiger partial charge in [-0.05, 0) is 50.6 Å². The zero-order chi connectivity index (χ0) is 20.9. The Morgan fingerprint density at radius 3 is 2.60 bits per heavy atom. The molecule has 3 N–H and O–H groups in total. The lowest BCUT2D eigenvalue weighted by atomic mass is 10.2. The molecule has 0 fully saturated rings. The number of aryl methyl sites for hydroxylation is 1. The van der Waals surface area contributed by atoms with Gasteiger partial charge in [-0.3, -0.25) is 14.8 Å². The molecule has 0 aliphatic rings. The summed E-state index contributed by atoms with van der Waals surface area (Å²) in [5, 5.41) is 9.46. The molecule has 2 aromatic rings. The van der Waals surface area contributed by atoms with E-state index in [-0.39, 0.29) is 29.9 Å². The van der Waals surface area contributed by atoms with Crippen LogP contribution in [0.4, 0.5) is 5.69 Å². The number of nitrogens with one attached hydrogen (secondary N) is 3. The van der Waals surface area contributed by atoms with Gasteiger partial charge in [0.25, 0.3) is 5.91 Å². The number of aromatic nitrogens is 1. The number of amides is 1. The van der Waals surface area contributed by atoms with Gasteiger partial charge in [-0.2, -0.15) is 0 Å². The van der Waals surface area contributed by atoms with E-state index in [1.807, 2.05) is 6.92 Å². The van der Waals surface area contributed by atoms with Crippen LogP contribution in [0.3, 0.4) is 0 Å². The number of carbonyl (C=O) groups is 1. The molecule has 1 amide bonds. The van der Waals surface area contributed by atoms with E-state index in [1.165, 1.54) is 11.3 Å². The van der Waals surface area contributed by atoms with Crippen molar-refractivity contribution in [2.24, 2.45) is 4.99 Å². The summed E-state index contributed by atoms with van der Waals surface area (Å²) in [6, 6.07) is 12.0. The summed E-state index contributed by atoms with van der Waals surface area (Å²) in [6.45, 7) is 10.6. The summed E-state index contributed by atoms with van der Waals surface area (Å²) in [6.07, 6.45) is 3.20. The fraction of sp³-hybridized carbons (Fsp3) is 0.409. The third-order valence-corrected chi connectivity index (χ3v) is 4.36. The Balaban J connectivity index is 0.00000450. The number of benzene rings is 1. The molecule has 0 saturated carbocycles. The van der Waals surface area contributed by atoms with Crippen molar-refractivity contribution in [2.45, 2.75) is 20.8 Å². The van der Waals surface area contributed by atoms with Crippen molar-refractivity contribution in [3.05, 3.63) is 59.9 Å². The van der Waals surface area contributed by atoms with Gasteiger partial charge in [-0.1, -0.05) is 12.1 Å². The average molecular weight is 524 g/mol. The molecule has 0 radical (unpaired) electrons. The highest BCUT2D eigenvalue weighted by Crippen LogP contribution is 2.14. The molecule has 0 aliphatic carbocycles. The lowest BCUT2D eigenvalue weighted by Gasteiger charge is -2.24. The number of likely N-dealkylation sites (N-methyl/N-ethyl adjacent to an activating group) is 1. The molecule has 1 aromatic carbocycles. The zero-order valence-electron chi connectivity index (χ0n) is 18.0. The lowest BCUT2D eigenvalue weighted by Crippen LogP contribution is -2.42. The zero-order valence-corrected chi connectivity index (χ0v) is 20.3. The first-order valence-electron chi connectivity index (χ1n) is 10.2. The maximum absolute atomic E-state index is 12.0. The molecule has 164 valence electrons. The second-order valence-corrected chi connectivity index (χ2v) is 6.60. The number of hydrogen-bond acceptors (Lipinski definition) is 4. The van der Waals surface area contributed by atoms with Crippen LogP contribution in [-0.2, 0) is 0 Å². The Hall–Kier alpha value is -2.36. The summed E-state index contributed by atoms with van der Waals surface area (Å²) in [5.41, 5.74) is 3.05. The highest BCUT2D eigenvalue weighted by atomic mass is 127. The number of anilines is 1. The van der Waals surface area contributed by atoms with Crippen molar-refractivity contribution in [1.82, 2.24) is 20.9 Å². The van der Waals surface area contributed by atoms with Crippen molar-refractivity contribution >= 4 is 41.5 Å². The number of halogens is 1. The molecular formula is C22H33IN6O. The maximum atomic E-state index is 12.0. The first-order valence-corrected chi connectivity index (χ1v) is 10.2. The van der Waals surface area contributed by atoms with Gasteiger partial charge in [-0.25, -0.2) is 0 Å². The van der Waals surface area contributed by atoms with Gasteiger partial charge in [0.1, 0.15) is 0 Å². The number of guanidine groups is 1. The van der Waals surface area contributed by atoms with Gasteiger partial charge in [0.05, 0.1) is 12.1 Å². The van der Waals surface area contributed by atoms with Gasteiger partial charge < -0.3 is 20.9 Å². The van der Waals surface area contributed by atoms with Crippen molar-refractivity contribution in [3.8, 4) is 0 Å². The lowest BCUT2D eigenvalue weighted by molar-refractivity contribution is 0.0954. The van der Waals surface area contributed by atoms with E-state index in [9.17, 15) is 4.79 Å². The third-order valence-electron chi connectivity index (χ3n) is 4.36. The number of nitrogens with zero attached hydrogens (tertiary/aromatic N) is 3. The number of pyridine rings is 1. The van der Waals surface area contributed by atoms with E-state index in [1.54, 1.807) is 24.5 Å². The van der Waals surface area contributed by atoms with E-state index in [0.29, 0.717) is 18.7 Å². The molecule has 7 nitrogen and oxygen atoms in total. The van der Waals surface area contributed by atoms with Crippen LogP contribution < -0.4 is 20.9 Å². The van der Waals surface area contributed by atoms with Gasteiger partial charge in [0.2, 0.25) is 0 Å². The number of rotatable bonds is 10. The predicted molar refractivity (Wildman–Crippen MR) is 135 cm³/mol. The Kier molecular flexibility index (Phi) is 12.5. The minimum absolute atomic E-state index is 0. The average Bonchev–Trinajstić information content (AvgIpc) is 2.74. The quantitative estimate of drug-likeness (QED) is 0.193. The molecule has 0 aliphatic heterocycles. The minimum atomic E-state index is -0.136. The molecule has 0 saturated heterocycles. The Morgan fingerprint density at radius 1 is 1.10 bits per heavy atom. The molecule has 30 heavy (non-hydrogen) atoms. The summed E-state index contributed by atoms with van der Waals surface area (Å²) in [5.74, 6) is 0.617. The first kappa shape index (κ1) is 25.7. The topological polar surface area (TPSA) is 81.6 Å². The smallest absolute Gasteiger partial charge is 0.252 e. The van der Waals surface area contributed by atoms with Crippen molar-refractivity contribution in [2.75, 3.05) is 44.2 Å². The summed E-state index contributed by atoms with van der Waals surface area (Å²) in [4.78, 5) is 22.8. The van der Waals surface area contributed by atoms with E-state index < -0.39 is 0 Å². The number of carbonyl (C=O) groups excluding carboxylic acids is 1. The van der Waals surface area contributed by atoms with Crippen LogP contribution >= 0.6 is 24.0 Å². The summed E-state index contributed by atoms with van der Waals surface area (Å²) < 4.78 is 0. The molecule has 0 unspecified atom stereocenters. The van der Waals surface area contributed by atoms with Gasteiger partial charge in [0, 0.05) is 50.8 Å². The van der Waals surface area contributed by atoms with Crippen LogP contribution in [0.15, 0.2) is 53.8 Å². The summed E-state index contributed by atoms with van der Waals surface area (Å²) in [7, 11) is 0. The second kappa shape index (κ2) is 14.6. The number of hydrogen-bond donors (Lipinski definition) is 3. The molecule has 0 atom stereocenters. The van der Waals surface area contributed by atoms with Crippen LogP contribution in [0.1, 0.15) is 29.8 Å². The first-order chi connectivity index (χ1) is 14.1. The second-order valence-electron chi connectivity index (χ2n) is 6.60. The van der Waals surface area contributed by atoms with Crippen LogP contribution in [0.2, 0.25) is 0 Å². The van der Waals surface area contributed by atoms with Crippen molar-refractivity contribution in [3.63, 3.8) is 0 Å². The van der Waals surface area contributed by atoms with E-state index in [0.717, 1.165) is 32.1 Å². The van der Waals surface area contributed by atoms with E-state index >= 15 is 0 Å². The van der Waals surface area contributed by atoms with Gasteiger partial charge in [0.15, 0.2) is 5.96 Å². The predicted octanol–water partition coefficient (Wildman–Crippen LogP) is 2.82. The fourth-order valence-electron chi connectivity index (χ4n) is 2.88. The van der Waals surface area contributed by atoms with E-state index in [4.69, 9.17) is 0 Å². The molecule has 1 heterocycles. The largest absolute Gasteiger partial charge is 0.370 e. The van der Waals surface area contributed by atoms with Crippen molar-refractivity contribution < 1.29 is 4.79 Å². The van der Waals surface area contributed by atoms with Crippen LogP contribution in [0.25, 0.3) is 0 Å². The van der Waals surface area contributed by atoms with Crippen LogP contribution in [0, 0.1) is 6.92 Å².